The van der Waals surface area contributed by atoms with Crippen LogP contribution < -0.4 is 0 Å². The van der Waals surface area contributed by atoms with Crippen LogP contribution in [0.5, 0.6) is 0 Å². The fourth-order valence-electron chi connectivity index (χ4n) is 1.55. The Morgan fingerprint density at radius 3 is 1.81 bits per heavy atom. The summed E-state index contributed by atoms with van der Waals surface area (Å²) in [7, 11) is -4.23. The SMILES string of the molecule is C#CCOC(=O)CC(C(=O)OCC#C)C(OS(C)(=O)=O)C(=O)OCC#C. The van der Waals surface area contributed by atoms with Gasteiger partial charge in [0.25, 0.3) is 10.1 Å². The van der Waals surface area contributed by atoms with Gasteiger partial charge in [0.1, 0.15) is 5.92 Å². The summed E-state index contributed by atoms with van der Waals surface area (Å²) >= 11 is 0. The molecule has 2 unspecified atom stereocenters. The van der Waals surface area contributed by atoms with Crippen LogP contribution in [0.2, 0.25) is 0 Å². The number of rotatable bonds is 10. The Bertz CT molecular complexity index is 746. The topological polar surface area (TPSA) is 122 Å². The highest BCUT2D eigenvalue weighted by atomic mass is 32.2. The molecule has 0 heterocycles. The number of carbonyl (C=O) groups is 3. The van der Waals surface area contributed by atoms with Crippen molar-refractivity contribution in [3.8, 4) is 37.0 Å². The van der Waals surface area contributed by atoms with E-state index in [0.717, 1.165) is 0 Å². The standard InChI is InChI=1S/C16H16O9S/c1-5-8-22-13(17)11-12(15(18)23-9-6-2)14(25-26(4,20)21)16(19)24-10-7-3/h1-3,12,14H,8-11H2,4H3. The highest BCUT2D eigenvalue weighted by Gasteiger charge is 2.41. The van der Waals surface area contributed by atoms with E-state index in [1.807, 2.05) is 17.8 Å². The zero-order valence-corrected chi connectivity index (χ0v) is 14.6. The van der Waals surface area contributed by atoms with E-state index in [-0.39, 0.29) is 0 Å². The molecule has 0 aromatic heterocycles. The molecule has 26 heavy (non-hydrogen) atoms. The van der Waals surface area contributed by atoms with Crippen LogP contribution in [0.4, 0.5) is 0 Å². The number of terminal acetylenes is 3. The number of ether oxygens (including phenoxy) is 3. The Balaban J connectivity index is 5.66. The molecule has 0 N–H and O–H groups in total. The lowest BCUT2D eigenvalue weighted by Gasteiger charge is -2.22. The van der Waals surface area contributed by atoms with Gasteiger partial charge in [0.15, 0.2) is 25.9 Å². The van der Waals surface area contributed by atoms with Crippen molar-refractivity contribution in [1.82, 2.24) is 0 Å². The van der Waals surface area contributed by atoms with Gasteiger partial charge in [0, 0.05) is 0 Å². The Morgan fingerprint density at radius 2 is 1.35 bits per heavy atom. The third-order valence-electron chi connectivity index (χ3n) is 2.48. The van der Waals surface area contributed by atoms with Crippen LogP contribution >= 0.6 is 0 Å². The van der Waals surface area contributed by atoms with Gasteiger partial charge >= 0.3 is 17.9 Å². The van der Waals surface area contributed by atoms with Gasteiger partial charge in [-0.3, -0.25) is 13.8 Å². The maximum Gasteiger partial charge on any atom is 0.338 e. The fourth-order valence-corrected chi connectivity index (χ4v) is 2.14. The van der Waals surface area contributed by atoms with Gasteiger partial charge < -0.3 is 14.2 Å². The van der Waals surface area contributed by atoms with Gasteiger partial charge in [-0.1, -0.05) is 17.8 Å². The number of carbonyl (C=O) groups excluding carboxylic acids is 3. The van der Waals surface area contributed by atoms with E-state index in [1.54, 1.807) is 0 Å². The molecule has 0 aromatic rings. The molecule has 0 aliphatic carbocycles. The summed E-state index contributed by atoms with van der Waals surface area (Å²) in [6.45, 7) is -1.40. The molecule has 0 bridgehead atoms. The van der Waals surface area contributed by atoms with Gasteiger partial charge in [-0.25, -0.2) is 4.79 Å². The summed E-state index contributed by atoms with van der Waals surface area (Å²) in [5.41, 5.74) is 0. The van der Waals surface area contributed by atoms with E-state index >= 15 is 0 Å². The van der Waals surface area contributed by atoms with E-state index in [0.29, 0.717) is 6.26 Å². The molecule has 140 valence electrons. The van der Waals surface area contributed by atoms with Crippen LogP contribution in [-0.4, -0.2) is 58.5 Å². The average Bonchev–Trinajstić information content (AvgIpc) is 2.57. The first-order valence-electron chi connectivity index (χ1n) is 6.83. The van der Waals surface area contributed by atoms with Gasteiger partial charge in [0.05, 0.1) is 12.7 Å². The second-order valence-corrected chi connectivity index (χ2v) is 6.12. The Labute approximate surface area is 151 Å². The number of hydrogen-bond acceptors (Lipinski definition) is 9. The minimum Gasteiger partial charge on any atom is -0.452 e. The van der Waals surface area contributed by atoms with Gasteiger partial charge in [0.2, 0.25) is 0 Å². The first-order valence-corrected chi connectivity index (χ1v) is 8.65. The van der Waals surface area contributed by atoms with Crippen LogP contribution in [0.3, 0.4) is 0 Å². The lowest BCUT2D eigenvalue weighted by atomic mass is 9.98. The van der Waals surface area contributed by atoms with Crippen molar-refractivity contribution in [3.05, 3.63) is 0 Å². The summed E-state index contributed by atoms with van der Waals surface area (Å²) in [5.74, 6) is 0.818. The van der Waals surface area contributed by atoms with Gasteiger partial charge in [-0.2, -0.15) is 8.42 Å². The highest BCUT2D eigenvalue weighted by Crippen LogP contribution is 2.19. The van der Waals surface area contributed by atoms with E-state index in [9.17, 15) is 22.8 Å². The van der Waals surface area contributed by atoms with E-state index in [2.05, 4.69) is 18.4 Å². The van der Waals surface area contributed by atoms with Crippen molar-refractivity contribution in [3.63, 3.8) is 0 Å². The summed E-state index contributed by atoms with van der Waals surface area (Å²) in [6.07, 6.45) is 12.7. The minimum atomic E-state index is -4.23. The smallest absolute Gasteiger partial charge is 0.338 e. The maximum absolute atomic E-state index is 12.1. The van der Waals surface area contributed by atoms with Crippen LogP contribution in [0.1, 0.15) is 6.42 Å². The third-order valence-corrected chi connectivity index (χ3v) is 3.03. The van der Waals surface area contributed by atoms with Crippen molar-refractivity contribution in [2.24, 2.45) is 5.92 Å². The predicted octanol–water partition coefficient (Wildman–Crippen LogP) is -1.13. The van der Waals surface area contributed by atoms with Gasteiger partial charge in [-0.15, -0.1) is 19.3 Å². The van der Waals surface area contributed by atoms with Crippen LogP contribution in [0.15, 0.2) is 0 Å². The highest BCUT2D eigenvalue weighted by molar-refractivity contribution is 7.86. The van der Waals surface area contributed by atoms with Crippen molar-refractivity contribution in [2.45, 2.75) is 12.5 Å². The lowest BCUT2D eigenvalue weighted by Crippen LogP contribution is -2.42. The molecule has 0 spiro atoms. The molecule has 0 aliphatic rings. The zero-order chi connectivity index (χ0) is 20.2. The molecule has 0 rings (SSSR count). The van der Waals surface area contributed by atoms with E-state index in [4.69, 9.17) is 19.3 Å². The zero-order valence-electron chi connectivity index (χ0n) is 13.8. The van der Waals surface area contributed by atoms with Crippen LogP contribution in [-0.2, 0) is 42.9 Å². The molecule has 10 heteroatoms. The Morgan fingerprint density at radius 1 is 0.885 bits per heavy atom. The monoisotopic (exact) mass is 384 g/mol. The number of hydrogen-bond donors (Lipinski definition) is 0. The van der Waals surface area contributed by atoms with Crippen molar-refractivity contribution < 1.29 is 41.2 Å². The van der Waals surface area contributed by atoms with E-state index < -0.39 is 66.3 Å². The summed E-state index contributed by atoms with van der Waals surface area (Å²) in [5, 5.41) is 0. The second kappa shape index (κ2) is 11.5. The first-order chi connectivity index (χ1) is 12.2. The van der Waals surface area contributed by atoms with Crippen molar-refractivity contribution in [1.29, 1.82) is 0 Å². The largest absolute Gasteiger partial charge is 0.452 e. The maximum atomic E-state index is 12.1. The van der Waals surface area contributed by atoms with Crippen LogP contribution in [0, 0.1) is 42.9 Å². The Kier molecular flexibility index (Phi) is 10.2. The molecule has 0 aromatic carbocycles. The second-order valence-electron chi connectivity index (χ2n) is 4.52. The molecule has 2 atom stereocenters. The summed E-state index contributed by atoms with van der Waals surface area (Å²) < 4.78 is 41.3. The molecule has 0 fully saturated rings. The van der Waals surface area contributed by atoms with Gasteiger partial charge in [-0.05, 0) is 0 Å². The summed E-state index contributed by atoms with van der Waals surface area (Å²) in [4.78, 5) is 35.9. The normalized spacial score (nSPS) is 12.4. The molecule has 0 radical (unpaired) electrons. The summed E-state index contributed by atoms with van der Waals surface area (Å²) in [6, 6.07) is 0. The van der Waals surface area contributed by atoms with E-state index in [1.165, 1.54) is 0 Å². The average molecular weight is 384 g/mol. The quantitative estimate of drug-likeness (QED) is 0.199. The number of esters is 3. The fraction of sp³-hybridized carbons (Fsp3) is 0.438. The predicted molar refractivity (Wildman–Crippen MR) is 87.2 cm³/mol. The van der Waals surface area contributed by atoms with Crippen molar-refractivity contribution >= 4 is 28.0 Å². The molecular weight excluding hydrogens is 368 g/mol. The molecule has 0 saturated heterocycles. The molecule has 0 amide bonds. The van der Waals surface area contributed by atoms with Crippen LogP contribution in [0.25, 0.3) is 0 Å². The Hall–Kier alpha value is -3.00. The lowest BCUT2D eigenvalue weighted by molar-refractivity contribution is -0.166. The molecular formula is C16H16O9S. The first kappa shape index (κ1) is 23.0. The molecule has 0 saturated carbocycles. The third kappa shape index (κ3) is 9.33. The van der Waals surface area contributed by atoms with Crippen molar-refractivity contribution in [2.75, 3.05) is 26.1 Å². The molecule has 0 aliphatic heterocycles. The minimum absolute atomic E-state index is 0.399. The molecule has 9 nitrogen and oxygen atoms in total.